The zero-order valence-corrected chi connectivity index (χ0v) is 17.7. The van der Waals surface area contributed by atoms with Gasteiger partial charge in [-0.15, -0.1) is 11.3 Å². The van der Waals surface area contributed by atoms with Crippen molar-refractivity contribution in [2.45, 2.75) is 39.0 Å². The van der Waals surface area contributed by atoms with Gasteiger partial charge in [-0.1, -0.05) is 29.8 Å². The molecule has 4 nitrogen and oxygen atoms in total. The quantitative estimate of drug-likeness (QED) is 0.670. The molecule has 0 bridgehead atoms. The molecule has 0 N–H and O–H groups in total. The summed E-state index contributed by atoms with van der Waals surface area (Å²) in [6, 6.07) is 10.5. The Kier molecular flexibility index (Phi) is 6.26. The maximum atomic E-state index is 12.8. The van der Waals surface area contributed by atoms with Crippen molar-refractivity contribution >= 4 is 28.7 Å². The predicted octanol–water partition coefficient (Wildman–Crippen LogP) is 4.73. The van der Waals surface area contributed by atoms with E-state index in [0.717, 1.165) is 54.9 Å². The molecule has 0 spiro atoms. The van der Waals surface area contributed by atoms with Crippen LogP contribution in [0, 0.1) is 0 Å². The normalized spacial score (nSPS) is 16.9. The average molecular weight is 410 g/mol. The largest absolute Gasteiger partial charge is 0.466 e. The fourth-order valence-electron chi connectivity index (χ4n) is 4.40. The van der Waals surface area contributed by atoms with Crippen molar-refractivity contribution in [3.63, 3.8) is 0 Å². The summed E-state index contributed by atoms with van der Waals surface area (Å²) in [4.78, 5) is 27.6. The summed E-state index contributed by atoms with van der Waals surface area (Å²) in [5.41, 5.74) is 6.22. The lowest BCUT2D eigenvalue weighted by atomic mass is 9.87. The summed E-state index contributed by atoms with van der Waals surface area (Å²) in [6.45, 7) is 5.22. The van der Waals surface area contributed by atoms with Crippen LogP contribution >= 0.6 is 11.3 Å². The number of nitrogens with zero attached hydrogens (tertiary/aromatic N) is 1. The summed E-state index contributed by atoms with van der Waals surface area (Å²) < 4.78 is 5.02. The topological polar surface area (TPSA) is 46.6 Å². The zero-order valence-electron chi connectivity index (χ0n) is 16.9. The van der Waals surface area contributed by atoms with Crippen molar-refractivity contribution < 1.29 is 14.3 Å². The lowest BCUT2D eigenvalue weighted by Gasteiger charge is -2.30. The Labute approximate surface area is 176 Å². The van der Waals surface area contributed by atoms with E-state index >= 15 is 0 Å². The van der Waals surface area contributed by atoms with Crippen molar-refractivity contribution in [3.8, 4) is 0 Å². The predicted molar refractivity (Wildman–Crippen MR) is 116 cm³/mol. The van der Waals surface area contributed by atoms with E-state index in [4.69, 9.17) is 4.74 Å². The number of fused-ring (bicyclic) bond motifs is 2. The van der Waals surface area contributed by atoms with Crippen LogP contribution < -0.4 is 0 Å². The van der Waals surface area contributed by atoms with Crippen molar-refractivity contribution in [2.75, 3.05) is 26.2 Å². The highest BCUT2D eigenvalue weighted by molar-refractivity contribution is 7.12. The van der Waals surface area contributed by atoms with Crippen LogP contribution in [0.15, 0.2) is 41.3 Å². The first-order valence-electron chi connectivity index (χ1n) is 10.5. The first-order chi connectivity index (χ1) is 14.2. The summed E-state index contributed by atoms with van der Waals surface area (Å²) in [6.07, 6.45) is 3.84. The number of carbonyl (C=O) groups is 2. The Morgan fingerprint density at radius 3 is 2.72 bits per heavy atom. The van der Waals surface area contributed by atoms with E-state index in [-0.39, 0.29) is 11.8 Å². The number of benzene rings is 1. The smallest absolute Gasteiger partial charge is 0.305 e. The second kappa shape index (κ2) is 9.06. The fraction of sp³-hybridized carbons (Fsp3) is 0.417. The molecule has 152 valence electrons. The number of ketones is 1. The Morgan fingerprint density at radius 1 is 1.14 bits per heavy atom. The fourth-order valence-corrected chi connectivity index (χ4v) is 5.24. The maximum absolute atomic E-state index is 12.8. The molecule has 1 saturated heterocycles. The summed E-state index contributed by atoms with van der Waals surface area (Å²) in [5, 5.41) is 2.04. The third kappa shape index (κ3) is 4.36. The molecule has 0 unspecified atom stereocenters. The lowest BCUT2D eigenvalue weighted by Crippen LogP contribution is -2.32. The minimum absolute atomic E-state index is 0.1000. The molecule has 0 saturated carbocycles. The van der Waals surface area contributed by atoms with Crippen LogP contribution in [0.5, 0.6) is 0 Å². The van der Waals surface area contributed by atoms with Crippen molar-refractivity contribution in [3.05, 3.63) is 62.9 Å². The van der Waals surface area contributed by atoms with Gasteiger partial charge >= 0.3 is 5.97 Å². The number of rotatable bonds is 5. The van der Waals surface area contributed by atoms with Gasteiger partial charge in [-0.05, 0) is 60.9 Å². The van der Waals surface area contributed by atoms with Gasteiger partial charge in [-0.25, -0.2) is 0 Å². The van der Waals surface area contributed by atoms with Gasteiger partial charge in [0.2, 0.25) is 0 Å². The summed E-state index contributed by atoms with van der Waals surface area (Å²) in [7, 11) is 0. The number of esters is 1. The third-order valence-corrected chi connectivity index (χ3v) is 6.75. The monoisotopic (exact) mass is 409 g/mol. The number of hydrogen-bond acceptors (Lipinski definition) is 5. The van der Waals surface area contributed by atoms with Crippen LogP contribution in [0.2, 0.25) is 0 Å². The molecule has 1 aromatic heterocycles. The van der Waals surface area contributed by atoms with Gasteiger partial charge < -0.3 is 9.64 Å². The molecule has 2 aliphatic rings. The van der Waals surface area contributed by atoms with Crippen molar-refractivity contribution in [1.82, 2.24) is 4.90 Å². The van der Waals surface area contributed by atoms with E-state index in [0.29, 0.717) is 19.4 Å². The van der Waals surface area contributed by atoms with Gasteiger partial charge in [0.25, 0.3) is 0 Å². The molecule has 1 aromatic carbocycles. The Morgan fingerprint density at radius 2 is 1.93 bits per heavy atom. The van der Waals surface area contributed by atoms with Crippen LogP contribution in [0.25, 0.3) is 5.57 Å². The second-order valence-corrected chi connectivity index (χ2v) is 8.57. The number of piperidine rings is 1. The van der Waals surface area contributed by atoms with E-state index < -0.39 is 0 Å². The van der Waals surface area contributed by atoms with Gasteiger partial charge in [-0.2, -0.15) is 0 Å². The van der Waals surface area contributed by atoms with Gasteiger partial charge in [0, 0.05) is 31.5 Å². The first kappa shape index (κ1) is 20.0. The summed E-state index contributed by atoms with van der Waals surface area (Å²) in [5.74, 6) is 0.131. The van der Waals surface area contributed by atoms with Gasteiger partial charge in [0.05, 0.1) is 11.5 Å². The Bertz CT molecular complexity index is 933. The number of likely N-dealkylation sites (tertiary alicyclic amines) is 1. The number of thiophene rings is 1. The standard InChI is InChI=1S/C24H27NO3S/c1-2-28-22(27)8-5-12-25-13-9-17(10-14-25)23-19-7-4-3-6-18(19)16-21(26)24-20(23)11-15-29-24/h3-4,6-7,11,15H,2,5,8-10,12-14,16H2,1H3. The molecular formula is C24H27NO3S. The SMILES string of the molecule is CCOC(=O)CCCN1CCC(=C2c3ccccc3CC(=O)c3sccc32)CC1. The van der Waals surface area contributed by atoms with E-state index in [1.54, 1.807) is 11.3 Å². The number of carbonyl (C=O) groups excluding carboxylic acids is 2. The Hall–Kier alpha value is -2.24. The van der Waals surface area contributed by atoms with E-state index in [9.17, 15) is 9.59 Å². The lowest BCUT2D eigenvalue weighted by molar-refractivity contribution is -0.143. The van der Waals surface area contributed by atoms with E-state index in [2.05, 4.69) is 29.2 Å². The van der Waals surface area contributed by atoms with Crippen LogP contribution in [-0.2, 0) is 16.0 Å². The zero-order chi connectivity index (χ0) is 20.2. The number of ether oxygens (including phenoxy) is 1. The third-order valence-electron chi connectivity index (χ3n) is 5.80. The Balaban J connectivity index is 1.52. The minimum Gasteiger partial charge on any atom is -0.466 e. The summed E-state index contributed by atoms with van der Waals surface area (Å²) >= 11 is 1.57. The molecule has 29 heavy (non-hydrogen) atoms. The molecule has 1 aliphatic carbocycles. The molecule has 0 amide bonds. The number of hydrogen-bond donors (Lipinski definition) is 0. The van der Waals surface area contributed by atoms with Crippen molar-refractivity contribution in [2.24, 2.45) is 0 Å². The molecule has 0 atom stereocenters. The molecule has 1 aliphatic heterocycles. The maximum Gasteiger partial charge on any atom is 0.305 e. The molecule has 5 heteroatoms. The van der Waals surface area contributed by atoms with Crippen LogP contribution in [-0.4, -0.2) is 42.9 Å². The molecule has 0 radical (unpaired) electrons. The highest BCUT2D eigenvalue weighted by Gasteiger charge is 2.27. The van der Waals surface area contributed by atoms with E-state index in [1.165, 1.54) is 16.7 Å². The average Bonchev–Trinajstić information content (AvgIpc) is 3.16. The molecular weight excluding hydrogens is 382 g/mol. The highest BCUT2D eigenvalue weighted by Crippen LogP contribution is 2.40. The van der Waals surface area contributed by atoms with Gasteiger partial charge in [-0.3, -0.25) is 9.59 Å². The minimum atomic E-state index is -0.1000. The first-order valence-corrected chi connectivity index (χ1v) is 11.3. The second-order valence-electron chi connectivity index (χ2n) is 7.65. The molecule has 2 heterocycles. The molecule has 4 rings (SSSR count). The van der Waals surface area contributed by atoms with Crippen molar-refractivity contribution in [1.29, 1.82) is 0 Å². The molecule has 1 fully saturated rings. The molecule has 2 aromatic rings. The van der Waals surface area contributed by atoms with E-state index in [1.807, 2.05) is 18.4 Å². The highest BCUT2D eigenvalue weighted by atomic mass is 32.1. The van der Waals surface area contributed by atoms with Crippen LogP contribution in [0.4, 0.5) is 0 Å². The van der Waals surface area contributed by atoms with Crippen LogP contribution in [0.3, 0.4) is 0 Å². The van der Waals surface area contributed by atoms with Gasteiger partial charge in [0.1, 0.15) is 0 Å². The van der Waals surface area contributed by atoms with Crippen LogP contribution in [0.1, 0.15) is 59.0 Å². The van der Waals surface area contributed by atoms with Gasteiger partial charge in [0.15, 0.2) is 5.78 Å². The number of Topliss-reactive ketones (excluding diaryl/α,β-unsaturated/α-hetero) is 1.